The molecule has 0 aromatic heterocycles. The van der Waals surface area contributed by atoms with Crippen LogP contribution in [0.5, 0.6) is 0 Å². The Kier molecular flexibility index (Phi) is 3.96. The van der Waals surface area contributed by atoms with Crippen LogP contribution in [0.2, 0.25) is 6.04 Å². The summed E-state index contributed by atoms with van der Waals surface area (Å²) in [4.78, 5) is 0. The van der Waals surface area contributed by atoms with E-state index in [1.807, 2.05) is 0 Å². The highest BCUT2D eigenvalue weighted by Crippen LogP contribution is 2.17. The van der Waals surface area contributed by atoms with Gasteiger partial charge in [-0.2, -0.15) is 0 Å². The molecule has 2 heteroatoms. The van der Waals surface area contributed by atoms with Crippen molar-refractivity contribution in [3.05, 3.63) is 35.9 Å². The molecule has 1 fully saturated rings. The van der Waals surface area contributed by atoms with Gasteiger partial charge in [-0.1, -0.05) is 36.8 Å². The number of benzene rings is 1. The van der Waals surface area contributed by atoms with Gasteiger partial charge in [0.1, 0.15) is 0 Å². The Morgan fingerprint density at radius 1 is 1.31 bits per heavy atom. The molecule has 0 N–H and O–H groups in total. The van der Waals surface area contributed by atoms with E-state index in [-0.39, 0.29) is 0 Å². The van der Waals surface area contributed by atoms with Gasteiger partial charge in [-0.3, -0.25) is 0 Å². The van der Waals surface area contributed by atoms with Gasteiger partial charge >= 0.3 is 0 Å². The van der Waals surface area contributed by atoms with Crippen molar-refractivity contribution in [2.45, 2.75) is 32.7 Å². The van der Waals surface area contributed by atoms with E-state index in [1.165, 1.54) is 35.2 Å². The molecule has 0 amide bonds. The molecule has 1 aromatic carbocycles. The zero-order valence-corrected chi connectivity index (χ0v) is 11.1. The highest BCUT2D eigenvalue weighted by atomic mass is 28.3. The van der Waals surface area contributed by atoms with Crippen LogP contribution in [0.25, 0.3) is 5.57 Å². The molecule has 1 radical (unpaired) electrons. The zero-order chi connectivity index (χ0) is 11.4. The molecular formula is C14H19OSi. The summed E-state index contributed by atoms with van der Waals surface area (Å²) in [6.07, 6.45) is 4.75. The van der Waals surface area contributed by atoms with E-state index in [1.54, 1.807) is 0 Å². The van der Waals surface area contributed by atoms with Gasteiger partial charge < -0.3 is 4.43 Å². The van der Waals surface area contributed by atoms with Gasteiger partial charge in [-0.05, 0) is 42.6 Å². The average molecular weight is 231 g/mol. The van der Waals surface area contributed by atoms with Crippen molar-refractivity contribution in [3.63, 3.8) is 0 Å². The molecule has 0 unspecified atom stereocenters. The Morgan fingerprint density at radius 3 is 2.81 bits per heavy atom. The van der Waals surface area contributed by atoms with Crippen LogP contribution in [-0.2, 0) is 4.43 Å². The van der Waals surface area contributed by atoms with Crippen molar-refractivity contribution in [1.82, 2.24) is 0 Å². The van der Waals surface area contributed by atoms with Gasteiger partial charge in [0.15, 0.2) is 0 Å². The maximum atomic E-state index is 5.97. The van der Waals surface area contributed by atoms with Crippen LogP contribution in [0.15, 0.2) is 30.3 Å². The molecule has 1 saturated heterocycles. The molecule has 1 nitrogen and oxygen atoms in total. The van der Waals surface area contributed by atoms with Crippen molar-refractivity contribution >= 4 is 19.8 Å². The molecule has 16 heavy (non-hydrogen) atoms. The fraction of sp³-hybridized carbons (Fsp3) is 0.429. The molecule has 0 spiro atoms. The summed E-state index contributed by atoms with van der Waals surface area (Å²) < 4.78 is 5.97. The first-order valence-electron chi connectivity index (χ1n) is 6.04. The average Bonchev–Trinajstić information content (AvgIpc) is 2.39. The van der Waals surface area contributed by atoms with Crippen LogP contribution >= 0.6 is 0 Å². The molecule has 1 aliphatic heterocycles. The summed E-state index contributed by atoms with van der Waals surface area (Å²) in [5.41, 5.74) is 2.75. The van der Waals surface area contributed by atoms with E-state index in [2.05, 4.69) is 44.2 Å². The third kappa shape index (κ3) is 2.44. The minimum Gasteiger partial charge on any atom is -0.412 e. The standard InChI is InChI=1S/C14H19OSi/c1-3-12(2)13-8-4-5-9-14(13)16-11-7-6-10-15-16/h3-5,8-9H,6-7,10-11H2,1-2H3. The predicted octanol–water partition coefficient (Wildman–Crippen LogP) is 3.12. The van der Waals surface area contributed by atoms with E-state index < -0.39 is 9.04 Å². The van der Waals surface area contributed by atoms with Crippen molar-refractivity contribution in [3.8, 4) is 0 Å². The fourth-order valence-electron chi connectivity index (χ4n) is 2.09. The number of hydrogen-bond donors (Lipinski definition) is 0. The Labute approximate surface area is 99.9 Å². The largest absolute Gasteiger partial charge is 0.412 e. The van der Waals surface area contributed by atoms with Gasteiger partial charge in [0.2, 0.25) is 9.04 Å². The lowest BCUT2D eigenvalue weighted by molar-refractivity contribution is 0.294. The highest BCUT2D eigenvalue weighted by Gasteiger charge is 2.22. The first-order valence-corrected chi connectivity index (χ1v) is 7.66. The normalized spacial score (nSPS) is 18.8. The molecule has 0 aliphatic carbocycles. The predicted molar refractivity (Wildman–Crippen MR) is 71.1 cm³/mol. The van der Waals surface area contributed by atoms with E-state index in [4.69, 9.17) is 4.43 Å². The van der Waals surface area contributed by atoms with Gasteiger partial charge in [-0.25, -0.2) is 0 Å². The van der Waals surface area contributed by atoms with E-state index >= 15 is 0 Å². The van der Waals surface area contributed by atoms with Crippen molar-refractivity contribution in [2.24, 2.45) is 0 Å². The third-order valence-electron chi connectivity index (χ3n) is 3.16. The molecule has 0 atom stereocenters. The summed E-state index contributed by atoms with van der Waals surface area (Å²) in [6, 6.07) is 10.00. The second-order valence-corrected chi connectivity index (χ2v) is 6.42. The van der Waals surface area contributed by atoms with Gasteiger partial charge in [0.05, 0.1) is 0 Å². The van der Waals surface area contributed by atoms with E-state index in [0.29, 0.717) is 0 Å². The van der Waals surface area contributed by atoms with Crippen molar-refractivity contribution < 1.29 is 4.43 Å². The number of rotatable bonds is 2. The third-order valence-corrected chi connectivity index (χ3v) is 5.56. The summed E-state index contributed by atoms with van der Waals surface area (Å²) in [5, 5.41) is 1.46. The molecule has 1 aromatic rings. The fourth-order valence-corrected chi connectivity index (χ4v) is 4.49. The summed E-state index contributed by atoms with van der Waals surface area (Å²) >= 11 is 0. The second-order valence-electron chi connectivity index (χ2n) is 4.25. The van der Waals surface area contributed by atoms with Crippen molar-refractivity contribution in [2.75, 3.05) is 6.61 Å². The van der Waals surface area contributed by atoms with Gasteiger partial charge in [-0.15, -0.1) is 0 Å². The minimum absolute atomic E-state index is 0.751. The lowest BCUT2D eigenvalue weighted by Gasteiger charge is -2.22. The van der Waals surface area contributed by atoms with Crippen molar-refractivity contribution in [1.29, 1.82) is 0 Å². The van der Waals surface area contributed by atoms with Gasteiger partial charge in [0, 0.05) is 6.61 Å². The minimum atomic E-state index is -0.751. The molecule has 0 bridgehead atoms. The van der Waals surface area contributed by atoms with E-state index in [9.17, 15) is 0 Å². The SMILES string of the molecule is CC=C(C)c1ccccc1[Si]1CCCCO1. The Morgan fingerprint density at radius 2 is 2.12 bits per heavy atom. The Hall–Kier alpha value is -0.863. The summed E-state index contributed by atoms with van der Waals surface area (Å²) in [5.74, 6) is 0. The van der Waals surface area contributed by atoms with E-state index in [0.717, 1.165) is 6.61 Å². The number of allylic oxidation sites excluding steroid dienone is 2. The van der Waals surface area contributed by atoms with Gasteiger partial charge in [0.25, 0.3) is 0 Å². The van der Waals surface area contributed by atoms with Crippen LogP contribution in [0.3, 0.4) is 0 Å². The smallest absolute Gasteiger partial charge is 0.247 e. The molecule has 85 valence electrons. The van der Waals surface area contributed by atoms with Crippen LogP contribution in [0.1, 0.15) is 32.3 Å². The molecule has 1 heterocycles. The first-order chi connectivity index (χ1) is 7.83. The molecule has 0 saturated carbocycles. The second kappa shape index (κ2) is 5.46. The number of hydrogen-bond acceptors (Lipinski definition) is 1. The van der Waals surface area contributed by atoms with Crippen LogP contribution in [0, 0.1) is 0 Å². The Bertz CT molecular complexity index is 378. The monoisotopic (exact) mass is 231 g/mol. The quantitative estimate of drug-likeness (QED) is 0.711. The Balaban J connectivity index is 2.31. The molecule has 2 rings (SSSR count). The zero-order valence-electron chi connectivity index (χ0n) is 10.1. The van der Waals surface area contributed by atoms with Crippen LogP contribution in [0.4, 0.5) is 0 Å². The highest BCUT2D eigenvalue weighted by molar-refractivity contribution is 6.68. The first kappa shape index (κ1) is 11.6. The van der Waals surface area contributed by atoms with Crippen LogP contribution in [-0.4, -0.2) is 15.6 Å². The molecular weight excluding hydrogens is 212 g/mol. The maximum absolute atomic E-state index is 5.97. The molecule has 1 aliphatic rings. The summed E-state index contributed by atoms with van der Waals surface area (Å²) in [7, 11) is -0.751. The topological polar surface area (TPSA) is 9.23 Å². The lowest BCUT2D eigenvalue weighted by atomic mass is 10.1. The summed E-state index contributed by atoms with van der Waals surface area (Å²) in [6.45, 7) is 5.24. The lowest BCUT2D eigenvalue weighted by Crippen LogP contribution is -2.38. The van der Waals surface area contributed by atoms with Crippen LogP contribution < -0.4 is 5.19 Å². The maximum Gasteiger partial charge on any atom is 0.247 e.